The topological polar surface area (TPSA) is 49.4 Å². The predicted octanol–water partition coefficient (Wildman–Crippen LogP) is 7.09. The Kier molecular flexibility index (Phi) is 10.4. The maximum atomic E-state index is 6.65. The number of rotatable bonds is 14. The number of benzene rings is 1. The standard InChI is InChI=1S/C31H47Cl2NO5/c1-23-27-9-5-8-25-15-16-30(2)37-29(31(25,27)39-38-30)36-28(23)10-6-22-35-21-4-3-7-24-11-13-26(14-12-24)34(19-17-32)20-18-33/h11-14,23,25,27-29H,3-10,15-22H2,1-2H3. The number of anilines is 1. The van der Waals surface area contributed by atoms with Gasteiger partial charge in [-0.05, 0) is 87.8 Å². The normalized spacial score (nSPS) is 35.4. The van der Waals surface area contributed by atoms with E-state index in [1.165, 1.54) is 24.1 Å². The summed E-state index contributed by atoms with van der Waals surface area (Å²) in [7, 11) is 0. The second-order valence-electron chi connectivity index (χ2n) is 12.2. The van der Waals surface area contributed by atoms with E-state index < -0.39 is 11.4 Å². The second kappa shape index (κ2) is 13.6. The molecule has 8 heteroatoms. The van der Waals surface area contributed by atoms with Gasteiger partial charge in [0.05, 0.1) is 6.10 Å². The Balaban J connectivity index is 1.01. The molecule has 1 aromatic carbocycles. The smallest absolute Gasteiger partial charge is 0.201 e. The molecule has 220 valence electrons. The third-order valence-electron chi connectivity index (χ3n) is 9.63. The number of fused-ring (bicyclic) bond motifs is 2. The Hall–Kier alpha value is -0.600. The van der Waals surface area contributed by atoms with Gasteiger partial charge in [-0.25, -0.2) is 9.78 Å². The molecule has 0 N–H and O–H groups in total. The van der Waals surface area contributed by atoms with E-state index in [0.717, 1.165) is 77.7 Å². The number of nitrogens with zero attached hydrogens (tertiary/aromatic N) is 1. The van der Waals surface area contributed by atoms with Crippen LogP contribution < -0.4 is 4.90 Å². The lowest BCUT2D eigenvalue weighted by Crippen LogP contribution is -2.69. The van der Waals surface area contributed by atoms with E-state index in [2.05, 4.69) is 36.1 Å². The SMILES string of the molecule is CC1C(CCCOCCCCc2ccc(N(CCCl)CCCl)cc2)OC2OC3(C)CCC4CCCC1C42OO3. The van der Waals surface area contributed by atoms with Crippen molar-refractivity contribution in [1.82, 2.24) is 0 Å². The van der Waals surface area contributed by atoms with Gasteiger partial charge < -0.3 is 19.1 Å². The van der Waals surface area contributed by atoms with E-state index >= 15 is 0 Å². The summed E-state index contributed by atoms with van der Waals surface area (Å²) in [5, 5.41) is 0. The molecule has 1 aromatic rings. The molecule has 0 radical (unpaired) electrons. The molecule has 5 fully saturated rings. The first kappa shape index (κ1) is 29.9. The highest BCUT2D eigenvalue weighted by Crippen LogP contribution is 2.59. The van der Waals surface area contributed by atoms with Crippen LogP contribution in [0.25, 0.3) is 0 Å². The number of ether oxygens (including phenoxy) is 3. The second-order valence-corrected chi connectivity index (χ2v) is 12.9. The summed E-state index contributed by atoms with van der Waals surface area (Å²) >= 11 is 11.9. The molecule has 39 heavy (non-hydrogen) atoms. The molecule has 4 heterocycles. The van der Waals surface area contributed by atoms with Crippen LogP contribution in [0.15, 0.2) is 24.3 Å². The van der Waals surface area contributed by atoms with Gasteiger partial charge in [-0.2, -0.15) is 0 Å². The molecule has 5 aliphatic rings. The molecule has 2 bridgehead atoms. The van der Waals surface area contributed by atoms with E-state index in [0.29, 0.717) is 29.5 Å². The van der Waals surface area contributed by atoms with Crippen molar-refractivity contribution in [2.75, 3.05) is 43.0 Å². The lowest BCUT2D eigenvalue weighted by atomic mass is 9.60. The maximum absolute atomic E-state index is 6.65. The highest BCUT2D eigenvalue weighted by molar-refractivity contribution is 6.18. The maximum Gasteiger partial charge on any atom is 0.201 e. The van der Waals surface area contributed by atoms with Crippen LogP contribution in [0.4, 0.5) is 5.69 Å². The third-order valence-corrected chi connectivity index (χ3v) is 9.97. The van der Waals surface area contributed by atoms with Crippen molar-refractivity contribution < 1.29 is 24.0 Å². The van der Waals surface area contributed by atoms with E-state index in [1.807, 2.05) is 6.92 Å². The van der Waals surface area contributed by atoms with E-state index in [4.69, 9.17) is 47.2 Å². The monoisotopic (exact) mass is 583 g/mol. The molecule has 4 aliphatic heterocycles. The quantitative estimate of drug-likeness (QED) is 0.132. The molecule has 6 rings (SSSR count). The lowest BCUT2D eigenvalue weighted by molar-refractivity contribution is -0.569. The van der Waals surface area contributed by atoms with Gasteiger partial charge in [0.2, 0.25) is 5.79 Å². The zero-order valence-corrected chi connectivity index (χ0v) is 25.3. The molecular weight excluding hydrogens is 537 g/mol. The largest absolute Gasteiger partial charge is 0.381 e. The third kappa shape index (κ3) is 6.58. The van der Waals surface area contributed by atoms with E-state index in [9.17, 15) is 0 Å². The van der Waals surface area contributed by atoms with Crippen molar-refractivity contribution in [2.45, 2.75) is 102 Å². The van der Waals surface area contributed by atoms with Crippen LogP contribution in [0.1, 0.15) is 77.2 Å². The Morgan fingerprint density at radius 3 is 2.51 bits per heavy atom. The van der Waals surface area contributed by atoms with E-state index in [1.54, 1.807) is 0 Å². The molecule has 1 aliphatic carbocycles. The molecular formula is C31H47Cl2NO5. The molecule has 1 spiro atoms. The Bertz CT molecular complexity index is 899. The van der Waals surface area contributed by atoms with Gasteiger partial charge in [0.25, 0.3) is 0 Å². The molecule has 1 saturated carbocycles. The van der Waals surface area contributed by atoms with E-state index in [-0.39, 0.29) is 12.4 Å². The average Bonchev–Trinajstić information content (AvgIpc) is 3.17. The first-order valence-corrected chi connectivity index (χ1v) is 16.3. The van der Waals surface area contributed by atoms with Crippen LogP contribution in [0, 0.1) is 17.8 Å². The van der Waals surface area contributed by atoms with Crippen molar-refractivity contribution in [1.29, 1.82) is 0 Å². The summed E-state index contributed by atoms with van der Waals surface area (Å²) < 4.78 is 19.1. The summed E-state index contributed by atoms with van der Waals surface area (Å²) in [6.45, 7) is 7.54. The van der Waals surface area contributed by atoms with Crippen molar-refractivity contribution in [3.63, 3.8) is 0 Å². The van der Waals surface area contributed by atoms with Crippen molar-refractivity contribution >= 4 is 28.9 Å². The summed E-state index contributed by atoms with van der Waals surface area (Å²) in [6, 6.07) is 8.80. The Morgan fingerprint density at radius 1 is 0.974 bits per heavy atom. The molecule has 7 atom stereocenters. The van der Waals surface area contributed by atoms with Crippen LogP contribution in [0.5, 0.6) is 0 Å². The lowest BCUT2D eigenvalue weighted by Gasteiger charge is -2.59. The first-order valence-electron chi connectivity index (χ1n) is 15.2. The molecule has 4 saturated heterocycles. The fraction of sp³-hybridized carbons (Fsp3) is 0.806. The Morgan fingerprint density at radius 2 is 1.74 bits per heavy atom. The first-order chi connectivity index (χ1) is 19.0. The molecule has 0 amide bonds. The van der Waals surface area contributed by atoms with Gasteiger partial charge >= 0.3 is 0 Å². The number of hydrogen-bond acceptors (Lipinski definition) is 6. The number of alkyl halides is 2. The van der Waals surface area contributed by atoms with Crippen LogP contribution >= 0.6 is 23.2 Å². The van der Waals surface area contributed by atoms with Gasteiger partial charge in [0, 0.05) is 56.1 Å². The minimum Gasteiger partial charge on any atom is -0.381 e. The van der Waals surface area contributed by atoms with Gasteiger partial charge in [0.15, 0.2) is 11.9 Å². The predicted molar refractivity (Wildman–Crippen MR) is 155 cm³/mol. The minimum atomic E-state index is -0.692. The number of halogens is 2. The van der Waals surface area contributed by atoms with Crippen LogP contribution in [-0.4, -0.2) is 61.8 Å². The molecule has 7 unspecified atom stereocenters. The van der Waals surface area contributed by atoms with Gasteiger partial charge in [0.1, 0.15) is 0 Å². The van der Waals surface area contributed by atoms with Gasteiger partial charge in [-0.3, -0.25) is 0 Å². The van der Waals surface area contributed by atoms with Crippen molar-refractivity contribution in [3.05, 3.63) is 29.8 Å². The zero-order valence-electron chi connectivity index (χ0n) is 23.8. The fourth-order valence-corrected chi connectivity index (χ4v) is 7.84. The van der Waals surface area contributed by atoms with Crippen LogP contribution in [-0.2, 0) is 30.4 Å². The summed E-state index contributed by atoms with van der Waals surface area (Å²) in [5.41, 5.74) is 2.11. The zero-order chi connectivity index (χ0) is 27.3. The Labute approximate surface area is 244 Å². The summed E-state index contributed by atoms with van der Waals surface area (Å²) in [5.74, 6) is 1.81. The van der Waals surface area contributed by atoms with Crippen LogP contribution in [0.3, 0.4) is 0 Å². The number of aryl methyl sites for hydroxylation is 1. The fourth-order valence-electron chi connectivity index (χ4n) is 7.43. The minimum absolute atomic E-state index is 0.173. The summed E-state index contributed by atoms with van der Waals surface area (Å²) in [4.78, 5) is 14.3. The average molecular weight is 585 g/mol. The number of unbranched alkanes of at least 4 members (excludes halogenated alkanes) is 1. The highest BCUT2D eigenvalue weighted by Gasteiger charge is 2.67. The van der Waals surface area contributed by atoms with Crippen molar-refractivity contribution in [3.8, 4) is 0 Å². The number of hydrogen-bond donors (Lipinski definition) is 0. The van der Waals surface area contributed by atoms with Crippen LogP contribution in [0.2, 0.25) is 0 Å². The highest BCUT2D eigenvalue weighted by atomic mass is 35.5. The van der Waals surface area contributed by atoms with Gasteiger partial charge in [-0.15, -0.1) is 23.2 Å². The molecule has 6 nitrogen and oxygen atoms in total. The van der Waals surface area contributed by atoms with Crippen molar-refractivity contribution in [2.24, 2.45) is 17.8 Å². The molecule has 0 aromatic heterocycles. The van der Waals surface area contributed by atoms with Gasteiger partial charge in [-0.1, -0.05) is 25.5 Å². The summed E-state index contributed by atoms with van der Waals surface area (Å²) in [6.07, 6.45) is 10.7.